The third-order valence-corrected chi connectivity index (χ3v) is 5.22. The van der Waals surface area contributed by atoms with Crippen LogP contribution in [0.3, 0.4) is 0 Å². The Bertz CT molecular complexity index is 1090. The lowest BCUT2D eigenvalue weighted by Crippen LogP contribution is -2.31. The van der Waals surface area contributed by atoms with Crippen LogP contribution in [0.15, 0.2) is 55.0 Å². The average Bonchev–Trinajstić information content (AvgIpc) is 3.31. The zero-order valence-electron chi connectivity index (χ0n) is 14.9. The fraction of sp³-hybridized carbons (Fsp3) is 0.158. The molecule has 8 heteroatoms. The summed E-state index contributed by atoms with van der Waals surface area (Å²) in [4.78, 5) is 23.7. The van der Waals surface area contributed by atoms with Crippen molar-refractivity contribution in [1.29, 1.82) is 0 Å². The maximum absolute atomic E-state index is 13.2. The molecule has 1 aromatic carbocycles. The zero-order valence-corrected chi connectivity index (χ0v) is 15.7. The van der Waals surface area contributed by atoms with Crippen molar-refractivity contribution in [3.8, 4) is 5.75 Å². The van der Waals surface area contributed by atoms with Gasteiger partial charge in [0.2, 0.25) is 0 Å². The molecular formula is C19H17N5O2S. The molecule has 4 rings (SSSR count). The molecule has 0 atom stereocenters. The number of benzene rings is 1. The standard InChI is InChI=1S/C19H17N5O2S/c1-23-16(7-9-21-23)18(25)24(12-13-4-3-8-20-11-13)19-22-15-10-14(26-2)5-6-17(15)27-19/h3-11H,12H2,1-2H3. The molecule has 3 aromatic heterocycles. The first-order chi connectivity index (χ1) is 13.2. The fourth-order valence-electron chi connectivity index (χ4n) is 2.76. The number of nitrogens with zero attached hydrogens (tertiary/aromatic N) is 5. The fourth-order valence-corrected chi connectivity index (χ4v) is 3.70. The number of carbonyl (C=O) groups is 1. The summed E-state index contributed by atoms with van der Waals surface area (Å²) in [5, 5.41) is 4.73. The van der Waals surface area contributed by atoms with Crippen molar-refractivity contribution in [3.63, 3.8) is 0 Å². The first-order valence-electron chi connectivity index (χ1n) is 8.29. The molecule has 4 aromatic rings. The van der Waals surface area contributed by atoms with Gasteiger partial charge in [0.05, 0.1) is 23.9 Å². The maximum Gasteiger partial charge on any atom is 0.278 e. The average molecular weight is 379 g/mol. The van der Waals surface area contributed by atoms with Crippen molar-refractivity contribution in [1.82, 2.24) is 19.7 Å². The third kappa shape index (κ3) is 3.39. The lowest BCUT2D eigenvalue weighted by atomic mass is 10.2. The molecule has 136 valence electrons. The molecule has 0 saturated heterocycles. The van der Waals surface area contributed by atoms with Gasteiger partial charge in [0.1, 0.15) is 11.4 Å². The molecule has 0 saturated carbocycles. The van der Waals surface area contributed by atoms with Crippen molar-refractivity contribution in [2.24, 2.45) is 7.05 Å². The molecule has 0 N–H and O–H groups in total. The second kappa shape index (κ2) is 7.16. The van der Waals surface area contributed by atoms with E-state index in [1.165, 1.54) is 11.3 Å². The van der Waals surface area contributed by atoms with E-state index >= 15 is 0 Å². The molecule has 0 aliphatic rings. The number of anilines is 1. The minimum atomic E-state index is -0.162. The topological polar surface area (TPSA) is 73.1 Å². The highest BCUT2D eigenvalue weighted by Crippen LogP contribution is 2.32. The van der Waals surface area contributed by atoms with Gasteiger partial charge in [-0.05, 0) is 29.8 Å². The summed E-state index contributed by atoms with van der Waals surface area (Å²) < 4.78 is 7.82. The number of aryl methyl sites for hydroxylation is 1. The number of hydrogen-bond donors (Lipinski definition) is 0. The summed E-state index contributed by atoms with van der Waals surface area (Å²) >= 11 is 1.46. The Morgan fingerprint density at radius 1 is 1.26 bits per heavy atom. The van der Waals surface area contributed by atoms with Gasteiger partial charge in [-0.25, -0.2) is 4.98 Å². The predicted molar refractivity (Wildman–Crippen MR) is 104 cm³/mol. The van der Waals surface area contributed by atoms with Crippen LogP contribution in [0.1, 0.15) is 16.1 Å². The summed E-state index contributed by atoms with van der Waals surface area (Å²) in [5.41, 5.74) is 2.21. The van der Waals surface area contributed by atoms with E-state index in [0.29, 0.717) is 17.4 Å². The number of thiazole rings is 1. The molecule has 0 radical (unpaired) electrons. The van der Waals surface area contributed by atoms with E-state index in [0.717, 1.165) is 21.5 Å². The number of rotatable bonds is 5. The highest BCUT2D eigenvalue weighted by Gasteiger charge is 2.24. The number of aromatic nitrogens is 4. The number of methoxy groups -OCH3 is 1. The third-order valence-electron chi connectivity index (χ3n) is 4.16. The predicted octanol–water partition coefficient (Wildman–Crippen LogP) is 3.28. The molecule has 0 spiro atoms. The number of amides is 1. The second-order valence-corrected chi connectivity index (χ2v) is 6.93. The summed E-state index contributed by atoms with van der Waals surface area (Å²) in [6, 6.07) is 11.2. The van der Waals surface area contributed by atoms with E-state index in [1.807, 2.05) is 30.3 Å². The van der Waals surface area contributed by atoms with E-state index in [1.54, 1.807) is 48.4 Å². The molecule has 0 bridgehead atoms. The van der Waals surface area contributed by atoms with Gasteiger partial charge in [0.25, 0.3) is 5.91 Å². The van der Waals surface area contributed by atoms with Crippen molar-refractivity contribution >= 4 is 32.6 Å². The van der Waals surface area contributed by atoms with Crippen LogP contribution in [0.4, 0.5) is 5.13 Å². The highest BCUT2D eigenvalue weighted by atomic mass is 32.1. The second-order valence-electron chi connectivity index (χ2n) is 5.92. The summed E-state index contributed by atoms with van der Waals surface area (Å²) in [6.07, 6.45) is 5.07. The summed E-state index contributed by atoms with van der Waals surface area (Å²) in [7, 11) is 3.37. The molecule has 1 amide bonds. The Hall–Kier alpha value is -3.26. The van der Waals surface area contributed by atoms with E-state index in [2.05, 4.69) is 15.1 Å². The van der Waals surface area contributed by atoms with Crippen LogP contribution in [0.25, 0.3) is 10.2 Å². The zero-order chi connectivity index (χ0) is 18.8. The number of pyridine rings is 1. The van der Waals surface area contributed by atoms with Crippen LogP contribution in [-0.4, -0.2) is 32.8 Å². The first kappa shape index (κ1) is 17.2. The SMILES string of the molecule is COc1ccc2sc(N(Cc3cccnc3)C(=O)c3ccnn3C)nc2c1. The monoisotopic (exact) mass is 379 g/mol. The van der Waals surface area contributed by atoms with Gasteiger partial charge in [0, 0.05) is 31.7 Å². The Kier molecular flexibility index (Phi) is 4.55. The highest BCUT2D eigenvalue weighted by molar-refractivity contribution is 7.22. The van der Waals surface area contributed by atoms with Gasteiger partial charge in [-0.2, -0.15) is 5.10 Å². The Morgan fingerprint density at radius 3 is 2.85 bits per heavy atom. The van der Waals surface area contributed by atoms with Crippen molar-refractivity contribution in [3.05, 3.63) is 66.2 Å². The van der Waals surface area contributed by atoms with Gasteiger partial charge in [-0.1, -0.05) is 17.4 Å². The van der Waals surface area contributed by atoms with E-state index in [4.69, 9.17) is 4.74 Å². The van der Waals surface area contributed by atoms with E-state index < -0.39 is 0 Å². The normalized spacial score (nSPS) is 10.9. The van der Waals surface area contributed by atoms with Gasteiger partial charge in [-0.15, -0.1) is 0 Å². The molecule has 7 nitrogen and oxygen atoms in total. The van der Waals surface area contributed by atoms with Crippen LogP contribution >= 0.6 is 11.3 Å². The van der Waals surface area contributed by atoms with Gasteiger partial charge in [0.15, 0.2) is 5.13 Å². The van der Waals surface area contributed by atoms with Crippen molar-refractivity contribution < 1.29 is 9.53 Å². The van der Waals surface area contributed by atoms with Gasteiger partial charge < -0.3 is 4.74 Å². The first-order valence-corrected chi connectivity index (χ1v) is 9.10. The van der Waals surface area contributed by atoms with Crippen LogP contribution in [0.2, 0.25) is 0 Å². The number of fused-ring (bicyclic) bond motifs is 1. The minimum Gasteiger partial charge on any atom is -0.497 e. The Morgan fingerprint density at radius 2 is 2.15 bits per heavy atom. The minimum absolute atomic E-state index is 0.162. The van der Waals surface area contributed by atoms with Crippen LogP contribution < -0.4 is 9.64 Å². The number of carbonyl (C=O) groups excluding carboxylic acids is 1. The summed E-state index contributed by atoms with van der Waals surface area (Å²) in [5.74, 6) is 0.570. The smallest absolute Gasteiger partial charge is 0.278 e. The molecule has 27 heavy (non-hydrogen) atoms. The molecule has 0 fully saturated rings. The molecular weight excluding hydrogens is 362 g/mol. The van der Waals surface area contributed by atoms with Gasteiger partial charge in [-0.3, -0.25) is 19.4 Å². The Balaban J connectivity index is 1.77. The quantitative estimate of drug-likeness (QED) is 0.532. The van der Waals surface area contributed by atoms with Crippen molar-refractivity contribution in [2.45, 2.75) is 6.54 Å². The maximum atomic E-state index is 13.2. The van der Waals surface area contributed by atoms with Crippen LogP contribution in [-0.2, 0) is 13.6 Å². The number of hydrogen-bond acceptors (Lipinski definition) is 6. The molecule has 0 unspecified atom stereocenters. The molecule has 0 aliphatic heterocycles. The lowest BCUT2D eigenvalue weighted by Gasteiger charge is -2.19. The number of ether oxygens (including phenoxy) is 1. The summed E-state index contributed by atoms with van der Waals surface area (Å²) in [6.45, 7) is 0.370. The van der Waals surface area contributed by atoms with E-state index in [-0.39, 0.29) is 5.91 Å². The molecule has 3 heterocycles. The van der Waals surface area contributed by atoms with E-state index in [9.17, 15) is 4.79 Å². The van der Waals surface area contributed by atoms with Crippen molar-refractivity contribution in [2.75, 3.05) is 12.0 Å². The van der Waals surface area contributed by atoms with Crippen LogP contribution in [0.5, 0.6) is 5.75 Å². The largest absolute Gasteiger partial charge is 0.497 e. The Labute approximate surface area is 159 Å². The van der Waals surface area contributed by atoms with Crippen LogP contribution in [0, 0.1) is 0 Å². The lowest BCUT2D eigenvalue weighted by molar-refractivity contribution is 0.0976. The van der Waals surface area contributed by atoms with Gasteiger partial charge >= 0.3 is 0 Å². The molecule has 0 aliphatic carbocycles.